The summed E-state index contributed by atoms with van der Waals surface area (Å²) < 4.78 is 48.1. The van der Waals surface area contributed by atoms with E-state index in [0.29, 0.717) is 16.8 Å². The van der Waals surface area contributed by atoms with Gasteiger partial charge in [0.15, 0.2) is 6.04 Å². The zero-order valence-corrected chi connectivity index (χ0v) is 20.4. The summed E-state index contributed by atoms with van der Waals surface area (Å²) in [7, 11) is 0. The number of esters is 1. The standard InChI is InChI=1S/C27H25F3N2O5/c1-26(2,3)37-25(33)21(17-20-15-10-16-22(24(20)32(34)35)36-27(28,29)30)31-23(18-11-6-4-7-12-18)19-13-8-5-9-14-19/h4-16,21H,17H2,1-3H3/t21-/m0/s1. The van der Waals surface area contributed by atoms with E-state index in [2.05, 4.69) is 9.73 Å². The molecule has 0 radical (unpaired) electrons. The molecule has 37 heavy (non-hydrogen) atoms. The van der Waals surface area contributed by atoms with Crippen LogP contribution in [-0.4, -0.2) is 34.6 Å². The van der Waals surface area contributed by atoms with Gasteiger partial charge >= 0.3 is 18.0 Å². The normalized spacial score (nSPS) is 12.4. The Morgan fingerprint density at radius 3 is 1.92 bits per heavy atom. The molecule has 0 bridgehead atoms. The quantitative estimate of drug-likeness (QED) is 0.153. The molecule has 194 valence electrons. The van der Waals surface area contributed by atoms with Gasteiger partial charge in [-0.1, -0.05) is 72.8 Å². The van der Waals surface area contributed by atoms with Crippen LogP contribution >= 0.6 is 0 Å². The van der Waals surface area contributed by atoms with Crippen molar-refractivity contribution in [2.24, 2.45) is 4.99 Å². The monoisotopic (exact) mass is 514 g/mol. The Morgan fingerprint density at radius 2 is 1.46 bits per heavy atom. The van der Waals surface area contributed by atoms with Gasteiger partial charge in [-0.05, 0) is 26.8 Å². The average Bonchev–Trinajstić information content (AvgIpc) is 2.80. The number of nitro benzene ring substituents is 1. The Balaban J connectivity index is 2.16. The van der Waals surface area contributed by atoms with Gasteiger partial charge < -0.3 is 9.47 Å². The van der Waals surface area contributed by atoms with Gasteiger partial charge in [-0.3, -0.25) is 15.1 Å². The third-order valence-corrected chi connectivity index (χ3v) is 4.96. The lowest BCUT2D eigenvalue weighted by Crippen LogP contribution is -2.33. The number of hydrogen-bond donors (Lipinski definition) is 0. The van der Waals surface area contributed by atoms with E-state index >= 15 is 0 Å². The molecule has 0 saturated carbocycles. The van der Waals surface area contributed by atoms with Crippen molar-refractivity contribution in [3.05, 3.63) is 106 Å². The van der Waals surface area contributed by atoms with Crippen LogP contribution in [0.3, 0.4) is 0 Å². The smallest absolute Gasteiger partial charge is 0.458 e. The Hall–Kier alpha value is -4.21. The van der Waals surface area contributed by atoms with Crippen LogP contribution in [0.25, 0.3) is 0 Å². The molecule has 0 aliphatic rings. The number of nitro groups is 1. The van der Waals surface area contributed by atoms with E-state index in [4.69, 9.17) is 4.74 Å². The number of benzene rings is 3. The Labute approximate surface area is 211 Å². The van der Waals surface area contributed by atoms with Crippen molar-refractivity contribution >= 4 is 17.4 Å². The summed E-state index contributed by atoms with van der Waals surface area (Å²) in [6.07, 6.45) is -5.54. The second-order valence-corrected chi connectivity index (χ2v) is 9.03. The first-order valence-electron chi connectivity index (χ1n) is 11.3. The molecule has 7 nitrogen and oxygen atoms in total. The number of carbonyl (C=O) groups excluding carboxylic acids is 1. The second kappa shape index (κ2) is 11.2. The van der Waals surface area contributed by atoms with Crippen LogP contribution in [-0.2, 0) is 16.0 Å². The van der Waals surface area contributed by atoms with Crippen molar-refractivity contribution < 1.29 is 32.4 Å². The molecule has 0 amide bonds. The first kappa shape index (κ1) is 27.4. The lowest BCUT2D eigenvalue weighted by atomic mass is 9.99. The van der Waals surface area contributed by atoms with Gasteiger partial charge in [-0.2, -0.15) is 0 Å². The maximum atomic E-state index is 13.2. The van der Waals surface area contributed by atoms with Crippen LogP contribution in [0.5, 0.6) is 5.75 Å². The highest BCUT2D eigenvalue weighted by atomic mass is 19.4. The highest BCUT2D eigenvalue weighted by Gasteiger charge is 2.36. The van der Waals surface area contributed by atoms with E-state index in [1.807, 2.05) is 12.1 Å². The minimum atomic E-state index is -5.14. The molecule has 0 aliphatic carbocycles. The van der Waals surface area contributed by atoms with E-state index in [0.717, 1.165) is 6.07 Å². The zero-order valence-electron chi connectivity index (χ0n) is 20.4. The summed E-state index contributed by atoms with van der Waals surface area (Å²) in [5, 5.41) is 11.8. The fourth-order valence-electron chi connectivity index (χ4n) is 3.57. The molecular weight excluding hydrogens is 489 g/mol. The molecule has 0 saturated heterocycles. The summed E-state index contributed by atoms with van der Waals surface area (Å²) in [6.45, 7) is 4.96. The highest BCUT2D eigenvalue weighted by molar-refractivity contribution is 6.13. The Morgan fingerprint density at radius 1 is 0.919 bits per heavy atom. The van der Waals surface area contributed by atoms with Crippen molar-refractivity contribution in [1.29, 1.82) is 0 Å². The molecule has 3 aromatic rings. The summed E-state index contributed by atoms with van der Waals surface area (Å²) in [5.74, 6) is -1.76. The third-order valence-electron chi connectivity index (χ3n) is 4.96. The van der Waals surface area contributed by atoms with Crippen LogP contribution in [0.1, 0.15) is 37.5 Å². The lowest BCUT2D eigenvalue weighted by Gasteiger charge is -2.23. The predicted octanol–water partition coefficient (Wildman–Crippen LogP) is 6.28. The van der Waals surface area contributed by atoms with Crippen LogP contribution in [0.4, 0.5) is 18.9 Å². The first-order chi connectivity index (χ1) is 17.3. The van der Waals surface area contributed by atoms with Gasteiger partial charge in [-0.15, -0.1) is 13.2 Å². The largest absolute Gasteiger partial charge is 0.573 e. The van der Waals surface area contributed by atoms with Crippen molar-refractivity contribution in [2.75, 3.05) is 0 Å². The second-order valence-electron chi connectivity index (χ2n) is 9.03. The maximum absolute atomic E-state index is 13.2. The molecule has 0 spiro atoms. The van der Waals surface area contributed by atoms with Crippen LogP contribution in [0.2, 0.25) is 0 Å². The Kier molecular flexibility index (Phi) is 8.31. The summed E-state index contributed by atoms with van der Waals surface area (Å²) in [4.78, 5) is 28.7. The fraction of sp³-hybridized carbons (Fsp3) is 0.259. The van der Waals surface area contributed by atoms with E-state index in [9.17, 15) is 28.1 Å². The van der Waals surface area contributed by atoms with Crippen molar-refractivity contribution in [1.82, 2.24) is 0 Å². The number of alkyl halides is 3. The van der Waals surface area contributed by atoms with E-state index in [1.165, 1.54) is 12.1 Å². The molecule has 0 fully saturated rings. The predicted molar refractivity (Wildman–Crippen MR) is 132 cm³/mol. The topological polar surface area (TPSA) is 91.0 Å². The van der Waals surface area contributed by atoms with Gasteiger partial charge in [0, 0.05) is 23.1 Å². The number of aliphatic imine (C=N–C) groups is 1. The fourth-order valence-corrected chi connectivity index (χ4v) is 3.57. The molecule has 3 aromatic carbocycles. The Bertz CT molecular complexity index is 1230. The number of para-hydroxylation sites is 1. The SMILES string of the molecule is CC(C)(C)OC(=O)[C@H](Cc1cccc(OC(F)(F)F)c1[N+](=O)[O-])N=C(c1ccccc1)c1ccccc1. The van der Waals surface area contributed by atoms with Gasteiger partial charge in [-0.25, -0.2) is 4.79 Å². The maximum Gasteiger partial charge on any atom is 0.573 e. The van der Waals surface area contributed by atoms with E-state index < -0.39 is 46.8 Å². The highest BCUT2D eigenvalue weighted by Crippen LogP contribution is 2.36. The molecule has 0 unspecified atom stereocenters. The average molecular weight is 515 g/mol. The van der Waals surface area contributed by atoms with Crippen LogP contribution in [0.15, 0.2) is 83.9 Å². The molecule has 0 N–H and O–H groups in total. The molecule has 0 aromatic heterocycles. The number of carbonyl (C=O) groups is 1. The van der Waals surface area contributed by atoms with E-state index in [1.54, 1.807) is 69.3 Å². The van der Waals surface area contributed by atoms with Gasteiger partial charge in [0.05, 0.1) is 10.6 Å². The van der Waals surface area contributed by atoms with E-state index in [-0.39, 0.29) is 5.56 Å². The van der Waals surface area contributed by atoms with Crippen LogP contribution < -0.4 is 4.74 Å². The van der Waals surface area contributed by atoms with Crippen molar-refractivity contribution in [3.8, 4) is 5.75 Å². The summed E-state index contributed by atoms with van der Waals surface area (Å²) in [6, 6.07) is 19.9. The third kappa shape index (κ3) is 7.89. The molecule has 10 heteroatoms. The van der Waals surface area contributed by atoms with Crippen LogP contribution in [0, 0.1) is 10.1 Å². The molecule has 0 aliphatic heterocycles. The zero-order chi connectivity index (χ0) is 27.2. The first-order valence-corrected chi connectivity index (χ1v) is 11.3. The lowest BCUT2D eigenvalue weighted by molar-refractivity contribution is -0.389. The molecular formula is C27H25F3N2O5. The number of ether oxygens (including phenoxy) is 2. The van der Waals surface area contributed by atoms with Crippen molar-refractivity contribution in [2.45, 2.75) is 45.2 Å². The number of nitrogens with zero attached hydrogens (tertiary/aromatic N) is 2. The number of rotatable bonds is 8. The van der Waals surface area contributed by atoms with Gasteiger partial charge in [0.25, 0.3) is 0 Å². The number of halogens is 3. The number of hydrogen-bond acceptors (Lipinski definition) is 6. The van der Waals surface area contributed by atoms with Gasteiger partial charge in [0.2, 0.25) is 5.75 Å². The minimum Gasteiger partial charge on any atom is -0.458 e. The molecule has 0 heterocycles. The van der Waals surface area contributed by atoms with Gasteiger partial charge in [0.1, 0.15) is 5.60 Å². The molecule has 3 rings (SSSR count). The summed E-state index contributed by atoms with van der Waals surface area (Å²) in [5.41, 5.74) is -0.201. The summed E-state index contributed by atoms with van der Waals surface area (Å²) >= 11 is 0. The van der Waals surface area contributed by atoms with Crippen molar-refractivity contribution in [3.63, 3.8) is 0 Å². The molecule has 1 atom stereocenters. The minimum absolute atomic E-state index is 0.160.